The molecule has 1 N–H and O–H groups in total. The van der Waals surface area contributed by atoms with Crippen LogP contribution in [-0.2, 0) is 10.0 Å². The van der Waals surface area contributed by atoms with Gasteiger partial charge in [0.25, 0.3) is 10.0 Å². The first-order chi connectivity index (χ1) is 9.92. The van der Waals surface area contributed by atoms with Crippen LogP contribution >= 0.6 is 11.6 Å². The van der Waals surface area contributed by atoms with Crippen molar-refractivity contribution in [2.45, 2.75) is 18.7 Å². The molecule has 0 aliphatic carbocycles. The Labute approximate surface area is 129 Å². The summed E-state index contributed by atoms with van der Waals surface area (Å²) in [7, 11) is -3.73. The van der Waals surface area contributed by atoms with Crippen molar-refractivity contribution in [3.05, 3.63) is 47.2 Å². The lowest BCUT2D eigenvalue weighted by atomic mass is 10.2. The van der Waals surface area contributed by atoms with Crippen molar-refractivity contribution in [2.75, 3.05) is 11.3 Å². The van der Waals surface area contributed by atoms with Crippen LogP contribution in [0.3, 0.4) is 0 Å². The van der Waals surface area contributed by atoms with Gasteiger partial charge in [-0.3, -0.25) is 4.72 Å². The molecule has 112 valence electrons. The summed E-state index contributed by atoms with van der Waals surface area (Å²) in [5.74, 6) is 0.489. The SMILES string of the molecule is CCOc1cc(C)ccc1NS(=O)(=O)c1ccc(Cl)nc1. The second-order valence-electron chi connectivity index (χ2n) is 4.35. The number of aryl methyl sites for hydroxylation is 1. The van der Waals surface area contributed by atoms with E-state index in [0.717, 1.165) is 5.56 Å². The van der Waals surface area contributed by atoms with Gasteiger partial charge in [-0.1, -0.05) is 17.7 Å². The number of rotatable bonds is 5. The largest absolute Gasteiger partial charge is 0.492 e. The van der Waals surface area contributed by atoms with E-state index in [1.807, 2.05) is 13.8 Å². The standard InChI is InChI=1S/C14H15ClN2O3S/c1-3-20-13-8-10(2)4-6-12(13)17-21(18,19)11-5-7-14(15)16-9-11/h4-9,17H,3H2,1-2H3. The van der Waals surface area contributed by atoms with Gasteiger partial charge >= 0.3 is 0 Å². The zero-order valence-corrected chi connectivity index (χ0v) is 13.2. The molecule has 5 nitrogen and oxygen atoms in total. The van der Waals surface area contributed by atoms with Crippen LogP contribution in [-0.4, -0.2) is 20.0 Å². The molecule has 0 amide bonds. The lowest BCUT2D eigenvalue weighted by Gasteiger charge is -2.13. The Hall–Kier alpha value is -1.79. The highest BCUT2D eigenvalue weighted by molar-refractivity contribution is 7.92. The van der Waals surface area contributed by atoms with Crippen LogP contribution in [0.2, 0.25) is 5.15 Å². The summed E-state index contributed by atoms with van der Waals surface area (Å²) >= 11 is 5.66. The van der Waals surface area contributed by atoms with E-state index in [4.69, 9.17) is 16.3 Å². The maximum atomic E-state index is 12.3. The van der Waals surface area contributed by atoms with E-state index in [0.29, 0.717) is 18.0 Å². The number of hydrogen-bond acceptors (Lipinski definition) is 4. The zero-order chi connectivity index (χ0) is 15.5. The van der Waals surface area contributed by atoms with Gasteiger partial charge in [0.2, 0.25) is 0 Å². The molecule has 0 saturated carbocycles. The van der Waals surface area contributed by atoms with Crippen molar-refractivity contribution in [1.29, 1.82) is 0 Å². The van der Waals surface area contributed by atoms with Crippen molar-refractivity contribution in [1.82, 2.24) is 4.98 Å². The van der Waals surface area contributed by atoms with Gasteiger partial charge in [-0.05, 0) is 43.7 Å². The number of sulfonamides is 1. The predicted octanol–water partition coefficient (Wildman–Crippen LogP) is 3.24. The molecule has 0 spiro atoms. The van der Waals surface area contributed by atoms with Gasteiger partial charge in [0, 0.05) is 6.20 Å². The number of benzene rings is 1. The number of pyridine rings is 1. The van der Waals surface area contributed by atoms with Crippen molar-refractivity contribution in [3.63, 3.8) is 0 Å². The fourth-order valence-electron chi connectivity index (χ4n) is 1.71. The molecule has 0 aliphatic heterocycles. The average Bonchev–Trinajstić information content (AvgIpc) is 2.42. The Morgan fingerprint density at radius 1 is 1.29 bits per heavy atom. The molecule has 1 aromatic carbocycles. The van der Waals surface area contributed by atoms with E-state index in [9.17, 15) is 8.42 Å². The molecule has 0 aliphatic rings. The highest BCUT2D eigenvalue weighted by atomic mass is 35.5. The van der Waals surface area contributed by atoms with Crippen LogP contribution in [0.1, 0.15) is 12.5 Å². The molecule has 0 saturated heterocycles. The summed E-state index contributed by atoms with van der Waals surface area (Å²) < 4.78 is 32.6. The minimum absolute atomic E-state index is 0.0370. The van der Waals surface area contributed by atoms with Gasteiger partial charge in [-0.2, -0.15) is 0 Å². The Bertz CT molecular complexity index is 730. The smallest absolute Gasteiger partial charge is 0.263 e. The topological polar surface area (TPSA) is 68.3 Å². The molecule has 0 unspecified atom stereocenters. The van der Waals surface area contributed by atoms with E-state index < -0.39 is 10.0 Å². The van der Waals surface area contributed by atoms with Gasteiger partial charge in [0.1, 0.15) is 15.8 Å². The number of aromatic nitrogens is 1. The first-order valence-electron chi connectivity index (χ1n) is 6.30. The molecule has 0 bridgehead atoms. The maximum Gasteiger partial charge on any atom is 0.263 e. The molecule has 21 heavy (non-hydrogen) atoms. The fourth-order valence-corrected chi connectivity index (χ4v) is 2.84. The maximum absolute atomic E-state index is 12.3. The minimum Gasteiger partial charge on any atom is -0.492 e. The molecular formula is C14H15ClN2O3S. The monoisotopic (exact) mass is 326 g/mol. The summed E-state index contributed by atoms with van der Waals surface area (Å²) in [6.45, 7) is 4.19. The van der Waals surface area contributed by atoms with E-state index >= 15 is 0 Å². The molecule has 0 atom stereocenters. The fraction of sp³-hybridized carbons (Fsp3) is 0.214. The summed E-state index contributed by atoms with van der Waals surface area (Å²) in [4.78, 5) is 3.81. The van der Waals surface area contributed by atoms with Gasteiger partial charge in [0.15, 0.2) is 0 Å². The Morgan fingerprint density at radius 2 is 2.05 bits per heavy atom. The van der Waals surface area contributed by atoms with Crippen LogP contribution in [0.15, 0.2) is 41.4 Å². The molecule has 7 heteroatoms. The number of ether oxygens (including phenoxy) is 1. The normalized spacial score (nSPS) is 11.2. The summed E-state index contributed by atoms with van der Waals surface area (Å²) in [6.07, 6.45) is 1.21. The van der Waals surface area contributed by atoms with E-state index in [1.165, 1.54) is 18.3 Å². The third-order valence-electron chi connectivity index (χ3n) is 2.69. The van der Waals surface area contributed by atoms with Gasteiger partial charge < -0.3 is 4.74 Å². The molecule has 2 rings (SSSR count). The lowest BCUT2D eigenvalue weighted by Crippen LogP contribution is -2.14. The van der Waals surface area contributed by atoms with E-state index in [1.54, 1.807) is 18.2 Å². The van der Waals surface area contributed by atoms with Crippen LogP contribution in [0.5, 0.6) is 5.75 Å². The Kier molecular flexibility index (Phi) is 4.69. The van der Waals surface area contributed by atoms with Crippen LogP contribution < -0.4 is 9.46 Å². The van der Waals surface area contributed by atoms with Crippen LogP contribution in [0.4, 0.5) is 5.69 Å². The predicted molar refractivity (Wildman–Crippen MR) is 82.4 cm³/mol. The summed E-state index contributed by atoms with van der Waals surface area (Å²) in [6, 6.07) is 8.07. The number of nitrogens with one attached hydrogen (secondary N) is 1. The van der Waals surface area contributed by atoms with Gasteiger partial charge in [-0.25, -0.2) is 13.4 Å². The highest BCUT2D eigenvalue weighted by Gasteiger charge is 2.17. The molecule has 1 aromatic heterocycles. The van der Waals surface area contributed by atoms with Crippen molar-refractivity contribution >= 4 is 27.3 Å². The Balaban J connectivity index is 2.34. The quantitative estimate of drug-likeness (QED) is 0.856. The second kappa shape index (κ2) is 6.32. The van der Waals surface area contributed by atoms with E-state index in [-0.39, 0.29) is 10.0 Å². The second-order valence-corrected chi connectivity index (χ2v) is 6.42. The molecule has 2 aromatic rings. The van der Waals surface area contributed by atoms with Crippen LogP contribution in [0, 0.1) is 6.92 Å². The van der Waals surface area contributed by atoms with Crippen molar-refractivity contribution in [2.24, 2.45) is 0 Å². The third-order valence-corrected chi connectivity index (χ3v) is 4.27. The Morgan fingerprint density at radius 3 is 2.67 bits per heavy atom. The van der Waals surface area contributed by atoms with Crippen LogP contribution in [0.25, 0.3) is 0 Å². The average molecular weight is 327 g/mol. The number of anilines is 1. The summed E-state index contributed by atoms with van der Waals surface area (Å²) in [5, 5.41) is 0.235. The first-order valence-corrected chi connectivity index (χ1v) is 8.16. The third kappa shape index (κ3) is 3.86. The highest BCUT2D eigenvalue weighted by Crippen LogP contribution is 2.28. The molecule has 0 fully saturated rings. The minimum atomic E-state index is -3.73. The molecule has 0 radical (unpaired) electrons. The number of halogens is 1. The van der Waals surface area contributed by atoms with Gasteiger partial charge in [0.05, 0.1) is 12.3 Å². The lowest BCUT2D eigenvalue weighted by molar-refractivity contribution is 0.342. The van der Waals surface area contributed by atoms with Crippen molar-refractivity contribution in [3.8, 4) is 5.75 Å². The number of nitrogens with zero attached hydrogens (tertiary/aromatic N) is 1. The van der Waals surface area contributed by atoms with Crippen molar-refractivity contribution < 1.29 is 13.2 Å². The number of hydrogen-bond donors (Lipinski definition) is 1. The summed E-state index contributed by atoms with van der Waals surface area (Å²) in [5.41, 5.74) is 1.37. The van der Waals surface area contributed by atoms with Gasteiger partial charge in [-0.15, -0.1) is 0 Å². The van der Waals surface area contributed by atoms with E-state index in [2.05, 4.69) is 9.71 Å². The zero-order valence-electron chi connectivity index (χ0n) is 11.6. The molecular weight excluding hydrogens is 312 g/mol. The molecule has 1 heterocycles. The first kappa shape index (κ1) is 15.6.